The average Bonchev–Trinajstić information content (AvgIpc) is 2.74. The summed E-state index contributed by atoms with van der Waals surface area (Å²) < 4.78 is 14.0. The first-order valence-electron chi connectivity index (χ1n) is 5.01. The van der Waals surface area contributed by atoms with Gasteiger partial charge in [0.1, 0.15) is 6.17 Å². The summed E-state index contributed by atoms with van der Waals surface area (Å²) in [6, 6.07) is 4.86. The monoisotopic (exact) mass is 247 g/mol. The molecule has 1 aliphatic rings. The molecule has 4 heteroatoms. The fraction of sp³-hybridized carbons (Fsp3) is 0.455. The summed E-state index contributed by atoms with van der Waals surface area (Å²) in [5, 5.41) is 4.01. The summed E-state index contributed by atoms with van der Waals surface area (Å²) in [6.45, 7) is 0.895. The van der Waals surface area contributed by atoms with E-state index in [0.717, 1.165) is 19.4 Å². The van der Waals surface area contributed by atoms with Crippen LogP contribution in [0.1, 0.15) is 24.6 Å². The highest BCUT2D eigenvalue weighted by Gasteiger charge is 2.25. The Bertz CT molecular complexity index is 350. The molecule has 1 aromatic rings. The Kier molecular flexibility index (Phi) is 3.49. The molecule has 0 aliphatic carbocycles. The van der Waals surface area contributed by atoms with Crippen molar-refractivity contribution in [1.82, 2.24) is 5.32 Å². The first-order valence-corrected chi connectivity index (χ1v) is 5.76. The van der Waals surface area contributed by atoms with Crippen LogP contribution in [0.25, 0.3) is 0 Å². The highest BCUT2D eigenvalue weighted by atomic mass is 35.5. The summed E-state index contributed by atoms with van der Waals surface area (Å²) in [7, 11) is 0. The maximum atomic E-state index is 14.0. The molecule has 0 radical (unpaired) electrons. The highest BCUT2D eigenvalue weighted by molar-refractivity contribution is 6.42. The molecule has 1 aromatic carbocycles. The molecule has 1 aliphatic heterocycles. The van der Waals surface area contributed by atoms with Crippen molar-refractivity contribution in [1.29, 1.82) is 0 Å². The third-order valence-corrected chi connectivity index (χ3v) is 3.45. The van der Waals surface area contributed by atoms with Crippen LogP contribution in [-0.2, 0) is 0 Å². The van der Waals surface area contributed by atoms with Crippen LogP contribution in [0.15, 0.2) is 18.2 Å². The van der Waals surface area contributed by atoms with E-state index in [4.69, 9.17) is 23.2 Å². The largest absolute Gasteiger partial charge is 0.311 e. The molecule has 0 spiro atoms. The van der Waals surface area contributed by atoms with Crippen LogP contribution in [0, 0.1) is 0 Å². The van der Waals surface area contributed by atoms with Gasteiger partial charge in [-0.1, -0.05) is 29.3 Å². The topological polar surface area (TPSA) is 12.0 Å². The van der Waals surface area contributed by atoms with Crippen LogP contribution in [0.2, 0.25) is 10.0 Å². The Morgan fingerprint density at radius 1 is 1.33 bits per heavy atom. The van der Waals surface area contributed by atoms with Crippen molar-refractivity contribution < 1.29 is 4.39 Å². The molecule has 82 valence electrons. The van der Waals surface area contributed by atoms with Crippen molar-refractivity contribution >= 4 is 23.2 Å². The van der Waals surface area contributed by atoms with Gasteiger partial charge < -0.3 is 5.32 Å². The summed E-state index contributed by atoms with van der Waals surface area (Å²) in [5.74, 6) is 0. The van der Waals surface area contributed by atoms with E-state index in [2.05, 4.69) is 5.32 Å². The molecular formula is C11H12Cl2FN. The van der Waals surface area contributed by atoms with Gasteiger partial charge in [0, 0.05) is 6.04 Å². The summed E-state index contributed by atoms with van der Waals surface area (Å²) in [5.41, 5.74) is 0.601. The molecule has 1 N–H and O–H groups in total. The predicted octanol–water partition coefficient (Wildman–Crippen LogP) is 3.76. The zero-order valence-electron chi connectivity index (χ0n) is 8.14. The zero-order valence-corrected chi connectivity index (χ0v) is 9.65. The normalized spacial score (nSPS) is 23.0. The summed E-state index contributed by atoms with van der Waals surface area (Å²) in [4.78, 5) is 0. The van der Waals surface area contributed by atoms with E-state index in [-0.39, 0.29) is 6.04 Å². The lowest BCUT2D eigenvalue weighted by Gasteiger charge is -2.16. The Balaban J connectivity index is 2.17. The summed E-state index contributed by atoms with van der Waals surface area (Å²) >= 11 is 11.6. The van der Waals surface area contributed by atoms with E-state index < -0.39 is 6.17 Å². The summed E-state index contributed by atoms with van der Waals surface area (Å²) in [6.07, 6.45) is 0.913. The second-order valence-corrected chi connectivity index (χ2v) is 4.59. The molecule has 1 saturated heterocycles. The van der Waals surface area contributed by atoms with Crippen LogP contribution in [-0.4, -0.2) is 12.6 Å². The van der Waals surface area contributed by atoms with E-state index in [0.29, 0.717) is 15.6 Å². The number of halogens is 3. The maximum absolute atomic E-state index is 14.0. The van der Waals surface area contributed by atoms with E-state index in [1.165, 1.54) is 0 Å². The van der Waals surface area contributed by atoms with Gasteiger partial charge >= 0.3 is 0 Å². The van der Waals surface area contributed by atoms with E-state index >= 15 is 0 Å². The number of nitrogens with one attached hydrogen (secondary N) is 1. The minimum absolute atomic E-state index is 0.0813. The molecular weight excluding hydrogens is 236 g/mol. The Hall–Kier alpha value is -0.310. The molecule has 15 heavy (non-hydrogen) atoms. The van der Waals surface area contributed by atoms with Crippen molar-refractivity contribution in [2.75, 3.05) is 6.54 Å². The van der Waals surface area contributed by atoms with Gasteiger partial charge in [0.05, 0.1) is 10.0 Å². The standard InChI is InChI=1S/C11H12Cl2FN/c12-8-4-3-7(6-9(8)13)11(14)10-2-1-5-15-10/h3-4,6,10-11,15H,1-2,5H2. The number of benzene rings is 1. The second-order valence-electron chi connectivity index (χ2n) is 3.78. The van der Waals surface area contributed by atoms with Crippen LogP contribution in [0.4, 0.5) is 4.39 Å². The number of rotatable bonds is 2. The minimum atomic E-state index is -0.998. The van der Waals surface area contributed by atoms with Crippen LogP contribution in [0.5, 0.6) is 0 Å². The first kappa shape index (κ1) is 11.2. The van der Waals surface area contributed by atoms with Crippen molar-refractivity contribution in [3.05, 3.63) is 33.8 Å². The van der Waals surface area contributed by atoms with Gasteiger partial charge in [0.25, 0.3) is 0 Å². The average molecular weight is 248 g/mol. The maximum Gasteiger partial charge on any atom is 0.140 e. The van der Waals surface area contributed by atoms with Gasteiger partial charge in [-0.25, -0.2) is 4.39 Å². The van der Waals surface area contributed by atoms with E-state index in [9.17, 15) is 4.39 Å². The molecule has 1 heterocycles. The molecule has 2 rings (SSSR count). The quantitative estimate of drug-likeness (QED) is 0.840. The van der Waals surface area contributed by atoms with E-state index in [1.807, 2.05) is 0 Å². The predicted molar refractivity (Wildman–Crippen MR) is 61.3 cm³/mol. The van der Waals surface area contributed by atoms with Gasteiger partial charge in [-0.05, 0) is 37.1 Å². The van der Waals surface area contributed by atoms with E-state index in [1.54, 1.807) is 18.2 Å². The lowest BCUT2D eigenvalue weighted by atomic mass is 10.0. The van der Waals surface area contributed by atoms with Crippen molar-refractivity contribution in [3.8, 4) is 0 Å². The van der Waals surface area contributed by atoms with Gasteiger partial charge in [-0.15, -0.1) is 0 Å². The van der Waals surface area contributed by atoms with Crippen LogP contribution in [0.3, 0.4) is 0 Å². The lowest BCUT2D eigenvalue weighted by Crippen LogP contribution is -2.26. The molecule has 1 nitrogen and oxygen atoms in total. The second kappa shape index (κ2) is 4.69. The lowest BCUT2D eigenvalue weighted by molar-refractivity contribution is 0.271. The van der Waals surface area contributed by atoms with Crippen molar-refractivity contribution in [2.24, 2.45) is 0 Å². The highest BCUT2D eigenvalue weighted by Crippen LogP contribution is 2.31. The van der Waals surface area contributed by atoms with Crippen LogP contribution >= 0.6 is 23.2 Å². The van der Waals surface area contributed by atoms with Crippen molar-refractivity contribution in [3.63, 3.8) is 0 Å². The molecule has 2 unspecified atom stereocenters. The zero-order chi connectivity index (χ0) is 10.8. The smallest absolute Gasteiger partial charge is 0.140 e. The molecule has 0 amide bonds. The minimum Gasteiger partial charge on any atom is -0.311 e. The fourth-order valence-corrected chi connectivity index (χ4v) is 2.18. The van der Waals surface area contributed by atoms with Gasteiger partial charge in [0.2, 0.25) is 0 Å². The Morgan fingerprint density at radius 3 is 2.73 bits per heavy atom. The third kappa shape index (κ3) is 2.44. The van der Waals surface area contributed by atoms with Gasteiger partial charge in [0.15, 0.2) is 0 Å². The Morgan fingerprint density at radius 2 is 2.13 bits per heavy atom. The molecule has 0 bridgehead atoms. The number of alkyl halides is 1. The first-order chi connectivity index (χ1) is 7.18. The van der Waals surface area contributed by atoms with Gasteiger partial charge in [-0.3, -0.25) is 0 Å². The SMILES string of the molecule is FC(c1ccc(Cl)c(Cl)c1)C1CCCN1. The number of hydrogen-bond acceptors (Lipinski definition) is 1. The molecule has 0 aromatic heterocycles. The molecule has 0 saturated carbocycles. The van der Waals surface area contributed by atoms with Crippen molar-refractivity contribution in [2.45, 2.75) is 25.1 Å². The van der Waals surface area contributed by atoms with Gasteiger partial charge in [-0.2, -0.15) is 0 Å². The van der Waals surface area contributed by atoms with Crippen LogP contribution < -0.4 is 5.32 Å². The third-order valence-electron chi connectivity index (χ3n) is 2.71. The Labute approximate surface area is 98.6 Å². The fourth-order valence-electron chi connectivity index (χ4n) is 1.88. The molecule has 2 atom stereocenters. The number of hydrogen-bond donors (Lipinski definition) is 1. The molecule has 1 fully saturated rings.